The highest BCUT2D eigenvalue weighted by molar-refractivity contribution is 7.92. The molecule has 17 heavy (non-hydrogen) atoms. The van der Waals surface area contributed by atoms with E-state index >= 15 is 0 Å². The van der Waals surface area contributed by atoms with Gasteiger partial charge in [-0.2, -0.15) is 13.5 Å². The maximum absolute atomic E-state index is 11.8. The third-order valence-corrected chi connectivity index (χ3v) is 3.37. The molecule has 0 saturated carbocycles. The second-order valence-corrected chi connectivity index (χ2v) is 4.92. The summed E-state index contributed by atoms with van der Waals surface area (Å²) in [7, 11) is -3.65. The molecule has 88 valence electrons. The lowest BCUT2D eigenvalue weighted by molar-refractivity contribution is 0.112. The van der Waals surface area contributed by atoms with Gasteiger partial charge in [-0.3, -0.25) is 14.6 Å². The molecule has 1 heterocycles. The third kappa shape index (κ3) is 2.51. The van der Waals surface area contributed by atoms with Crippen LogP contribution in [0.15, 0.2) is 41.6 Å². The molecular formula is C10H9N3O3S. The monoisotopic (exact) mass is 251 g/mol. The third-order valence-electron chi connectivity index (χ3n) is 2.06. The zero-order chi connectivity index (χ0) is 12.3. The van der Waals surface area contributed by atoms with Crippen LogP contribution in [0.25, 0.3) is 0 Å². The average Bonchev–Trinajstić information content (AvgIpc) is 2.84. The Balaban J connectivity index is 2.23. The van der Waals surface area contributed by atoms with Crippen molar-refractivity contribution >= 4 is 22.0 Å². The SMILES string of the molecule is O=Cc1ccc(NS(=O)(=O)c2ccn[nH]2)cc1. The van der Waals surface area contributed by atoms with Gasteiger partial charge in [0.2, 0.25) is 0 Å². The van der Waals surface area contributed by atoms with Gasteiger partial charge in [0, 0.05) is 11.3 Å². The topological polar surface area (TPSA) is 91.9 Å². The Morgan fingerprint density at radius 1 is 1.18 bits per heavy atom. The minimum Gasteiger partial charge on any atom is -0.298 e. The maximum Gasteiger partial charge on any atom is 0.278 e. The van der Waals surface area contributed by atoms with Gasteiger partial charge in [-0.1, -0.05) is 0 Å². The molecule has 0 spiro atoms. The number of benzene rings is 1. The molecule has 0 saturated heterocycles. The van der Waals surface area contributed by atoms with Crippen LogP contribution in [-0.4, -0.2) is 24.9 Å². The number of aldehydes is 1. The zero-order valence-corrected chi connectivity index (χ0v) is 9.44. The van der Waals surface area contributed by atoms with E-state index in [0.717, 1.165) is 0 Å². The van der Waals surface area contributed by atoms with Crippen LogP contribution >= 0.6 is 0 Å². The van der Waals surface area contributed by atoms with E-state index < -0.39 is 10.0 Å². The van der Waals surface area contributed by atoms with Crippen molar-refractivity contribution < 1.29 is 13.2 Å². The molecular weight excluding hydrogens is 242 g/mol. The predicted octanol–water partition coefficient (Wildman–Crippen LogP) is 1.02. The number of hydrogen-bond acceptors (Lipinski definition) is 4. The van der Waals surface area contributed by atoms with Gasteiger partial charge in [-0.25, -0.2) is 0 Å². The van der Waals surface area contributed by atoms with Crippen LogP contribution in [0.3, 0.4) is 0 Å². The Kier molecular flexibility index (Phi) is 2.92. The van der Waals surface area contributed by atoms with Crippen LogP contribution in [0.1, 0.15) is 10.4 Å². The first kappa shape index (κ1) is 11.3. The fourth-order valence-electron chi connectivity index (χ4n) is 1.23. The number of carbonyl (C=O) groups is 1. The van der Waals surface area contributed by atoms with Crippen molar-refractivity contribution in [3.8, 4) is 0 Å². The Labute approximate surface area is 97.7 Å². The molecule has 0 unspecified atom stereocenters. The molecule has 0 aliphatic heterocycles. The molecule has 0 atom stereocenters. The van der Waals surface area contributed by atoms with Crippen molar-refractivity contribution in [2.45, 2.75) is 5.03 Å². The Hall–Kier alpha value is -2.15. The number of rotatable bonds is 4. The minimum atomic E-state index is -3.65. The van der Waals surface area contributed by atoms with Crippen molar-refractivity contribution in [3.05, 3.63) is 42.1 Å². The first-order valence-corrected chi connectivity index (χ1v) is 6.17. The lowest BCUT2D eigenvalue weighted by Gasteiger charge is -2.05. The van der Waals surface area contributed by atoms with Crippen LogP contribution in [-0.2, 0) is 10.0 Å². The normalized spacial score (nSPS) is 11.1. The van der Waals surface area contributed by atoms with E-state index in [2.05, 4.69) is 14.9 Å². The number of nitrogens with one attached hydrogen (secondary N) is 2. The van der Waals surface area contributed by atoms with E-state index in [1.54, 1.807) is 0 Å². The standard InChI is InChI=1S/C10H9N3O3S/c14-7-8-1-3-9(4-2-8)13-17(15,16)10-5-6-11-12-10/h1-7,13H,(H,11,12). The Bertz CT molecular complexity index is 603. The van der Waals surface area contributed by atoms with Crippen LogP contribution in [0.5, 0.6) is 0 Å². The Morgan fingerprint density at radius 2 is 1.88 bits per heavy atom. The van der Waals surface area contributed by atoms with E-state index in [4.69, 9.17) is 0 Å². The molecule has 1 aromatic heterocycles. The van der Waals surface area contributed by atoms with Gasteiger partial charge < -0.3 is 0 Å². The van der Waals surface area contributed by atoms with Crippen LogP contribution in [0, 0.1) is 0 Å². The lowest BCUT2D eigenvalue weighted by Crippen LogP contribution is -2.13. The summed E-state index contributed by atoms with van der Waals surface area (Å²) in [5, 5.41) is 5.91. The van der Waals surface area contributed by atoms with Crippen molar-refractivity contribution in [1.82, 2.24) is 10.2 Å². The molecule has 2 rings (SSSR count). The maximum atomic E-state index is 11.8. The van der Waals surface area contributed by atoms with Gasteiger partial charge in [0.05, 0.1) is 6.20 Å². The minimum absolute atomic E-state index is 0.0167. The number of anilines is 1. The highest BCUT2D eigenvalue weighted by atomic mass is 32.2. The summed E-state index contributed by atoms with van der Waals surface area (Å²) in [5.41, 5.74) is 0.861. The first-order valence-electron chi connectivity index (χ1n) is 4.69. The molecule has 2 N–H and O–H groups in total. The van der Waals surface area contributed by atoms with E-state index in [9.17, 15) is 13.2 Å². The number of aromatic amines is 1. The van der Waals surface area contributed by atoms with Gasteiger partial charge in [0.1, 0.15) is 6.29 Å². The largest absolute Gasteiger partial charge is 0.298 e. The molecule has 2 aromatic rings. The quantitative estimate of drug-likeness (QED) is 0.793. The van der Waals surface area contributed by atoms with E-state index in [-0.39, 0.29) is 5.03 Å². The average molecular weight is 251 g/mol. The number of nitrogens with zero attached hydrogens (tertiary/aromatic N) is 1. The predicted molar refractivity (Wildman–Crippen MR) is 61.2 cm³/mol. The van der Waals surface area contributed by atoms with Crippen molar-refractivity contribution in [2.75, 3.05) is 4.72 Å². The van der Waals surface area contributed by atoms with Crippen LogP contribution in [0.2, 0.25) is 0 Å². The molecule has 0 aliphatic carbocycles. The zero-order valence-electron chi connectivity index (χ0n) is 8.62. The molecule has 1 aromatic carbocycles. The molecule has 0 fully saturated rings. The highest BCUT2D eigenvalue weighted by Gasteiger charge is 2.14. The molecule has 0 radical (unpaired) electrons. The van der Waals surface area contributed by atoms with E-state index in [1.165, 1.54) is 36.5 Å². The molecule has 7 heteroatoms. The fourth-order valence-corrected chi connectivity index (χ4v) is 2.20. The summed E-state index contributed by atoms with van der Waals surface area (Å²) in [6.07, 6.45) is 2.04. The van der Waals surface area contributed by atoms with Gasteiger partial charge in [0.25, 0.3) is 10.0 Å². The van der Waals surface area contributed by atoms with Crippen molar-refractivity contribution in [1.29, 1.82) is 0 Å². The highest BCUT2D eigenvalue weighted by Crippen LogP contribution is 2.14. The van der Waals surface area contributed by atoms with E-state index in [1.807, 2.05) is 0 Å². The number of H-pyrrole nitrogens is 1. The first-order chi connectivity index (χ1) is 8.12. The number of sulfonamides is 1. The van der Waals surface area contributed by atoms with Crippen molar-refractivity contribution in [3.63, 3.8) is 0 Å². The summed E-state index contributed by atoms with van der Waals surface area (Å²) < 4.78 is 25.9. The summed E-state index contributed by atoms with van der Waals surface area (Å²) in [4.78, 5) is 10.4. The number of carbonyl (C=O) groups excluding carboxylic acids is 1. The Morgan fingerprint density at radius 3 is 2.41 bits per heavy atom. The van der Waals surface area contributed by atoms with Gasteiger partial charge in [-0.05, 0) is 30.3 Å². The van der Waals surface area contributed by atoms with Gasteiger partial charge in [0.15, 0.2) is 5.03 Å². The van der Waals surface area contributed by atoms with Crippen LogP contribution in [0.4, 0.5) is 5.69 Å². The second-order valence-electron chi connectivity index (χ2n) is 3.27. The molecule has 0 aliphatic rings. The summed E-state index contributed by atoms with van der Waals surface area (Å²) in [6, 6.07) is 7.42. The summed E-state index contributed by atoms with van der Waals surface area (Å²) >= 11 is 0. The van der Waals surface area contributed by atoms with Crippen molar-refractivity contribution in [2.24, 2.45) is 0 Å². The lowest BCUT2D eigenvalue weighted by atomic mass is 10.2. The molecule has 6 nitrogen and oxygen atoms in total. The molecule has 0 bridgehead atoms. The van der Waals surface area contributed by atoms with Gasteiger partial charge in [-0.15, -0.1) is 0 Å². The van der Waals surface area contributed by atoms with Crippen LogP contribution < -0.4 is 4.72 Å². The van der Waals surface area contributed by atoms with E-state index in [0.29, 0.717) is 17.5 Å². The fraction of sp³-hybridized carbons (Fsp3) is 0. The molecule has 0 amide bonds. The second kappa shape index (κ2) is 4.38. The number of aromatic nitrogens is 2. The summed E-state index contributed by atoms with van der Waals surface area (Å²) in [6.45, 7) is 0. The number of hydrogen-bond donors (Lipinski definition) is 2. The smallest absolute Gasteiger partial charge is 0.278 e. The summed E-state index contributed by atoms with van der Waals surface area (Å²) in [5.74, 6) is 0. The van der Waals surface area contributed by atoms with Gasteiger partial charge >= 0.3 is 0 Å².